The third-order valence-electron chi connectivity index (χ3n) is 2.87. The van der Waals surface area contributed by atoms with E-state index in [1.165, 1.54) is 19.2 Å². The number of methoxy groups -OCH3 is 1. The molecule has 1 aromatic rings. The fourth-order valence-electron chi connectivity index (χ4n) is 1.98. The number of carbonyl (C=O) groups is 1. The third-order valence-corrected chi connectivity index (χ3v) is 3.10. The summed E-state index contributed by atoms with van der Waals surface area (Å²) in [6.45, 7) is -0.419. The Morgan fingerprint density at radius 3 is 2.67 bits per heavy atom. The average molecular weight is 322 g/mol. The first-order valence-electron chi connectivity index (χ1n) is 6.33. The Morgan fingerprint density at radius 1 is 1.43 bits per heavy atom. The Hall–Kier alpha value is -1.40. The monoisotopic (exact) mass is 321 g/mol. The second-order valence-electron chi connectivity index (χ2n) is 4.75. The predicted octanol–water partition coefficient (Wildman–Crippen LogP) is 3.18. The molecule has 0 heterocycles. The summed E-state index contributed by atoms with van der Waals surface area (Å²) in [6, 6.07) is 4.46. The molecule has 1 unspecified atom stereocenters. The maximum absolute atomic E-state index is 12.4. The molecule has 0 bridgehead atoms. The summed E-state index contributed by atoms with van der Waals surface area (Å²) in [5.74, 6) is -0.567. The van der Waals surface area contributed by atoms with Crippen LogP contribution in [0.5, 0.6) is 5.75 Å². The van der Waals surface area contributed by atoms with E-state index in [0.29, 0.717) is 23.7 Å². The number of halogens is 3. The minimum Gasteiger partial charge on any atom is -0.469 e. The van der Waals surface area contributed by atoms with Gasteiger partial charge >= 0.3 is 12.6 Å². The quantitative estimate of drug-likeness (QED) is 0.723. The van der Waals surface area contributed by atoms with Crippen LogP contribution in [0.25, 0.3) is 0 Å². The van der Waals surface area contributed by atoms with Gasteiger partial charge in [0, 0.05) is 23.7 Å². The molecule has 0 saturated carbocycles. The van der Waals surface area contributed by atoms with Crippen LogP contribution in [0.4, 0.5) is 8.78 Å². The number of hydrogen-bond acceptors (Lipinski definition) is 4. The number of carbonyl (C=O) groups excluding carboxylic acids is 1. The molecule has 4 nitrogen and oxygen atoms in total. The first-order valence-corrected chi connectivity index (χ1v) is 6.71. The molecule has 0 radical (unpaired) electrons. The number of ether oxygens (including phenoxy) is 2. The minimum atomic E-state index is -2.90. The second kappa shape index (κ2) is 8.14. The van der Waals surface area contributed by atoms with E-state index in [9.17, 15) is 13.6 Å². The lowest BCUT2D eigenvalue weighted by molar-refractivity contribution is -0.145. The van der Waals surface area contributed by atoms with E-state index in [0.717, 1.165) is 0 Å². The fourth-order valence-corrected chi connectivity index (χ4v) is 2.18. The van der Waals surface area contributed by atoms with Crippen LogP contribution in [-0.4, -0.2) is 38.2 Å². The maximum atomic E-state index is 12.4. The molecule has 0 aromatic heterocycles. The van der Waals surface area contributed by atoms with Crippen molar-refractivity contribution in [3.63, 3.8) is 0 Å². The van der Waals surface area contributed by atoms with Gasteiger partial charge in [0.05, 0.1) is 13.0 Å². The lowest BCUT2D eigenvalue weighted by Crippen LogP contribution is -2.29. The highest BCUT2D eigenvalue weighted by atomic mass is 35.5. The lowest BCUT2D eigenvalue weighted by atomic mass is 10.1. The van der Waals surface area contributed by atoms with Crippen LogP contribution in [-0.2, 0) is 16.1 Å². The summed E-state index contributed by atoms with van der Waals surface area (Å²) in [5, 5.41) is 0.432. The van der Waals surface area contributed by atoms with E-state index in [4.69, 9.17) is 11.6 Å². The van der Waals surface area contributed by atoms with Gasteiger partial charge in [0.2, 0.25) is 0 Å². The zero-order chi connectivity index (χ0) is 16.0. The van der Waals surface area contributed by atoms with Gasteiger partial charge in [0.1, 0.15) is 5.75 Å². The summed E-state index contributed by atoms with van der Waals surface area (Å²) in [7, 11) is 3.09. The van der Waals surface area contributed by atoms with Crippen molar-refractivity contribution in [2.45, 2.75) is 20.1 Å². The van der Waals surface area contributed by atoms with Crippen LogP contribution in [0.2, 0.25) is 5.02 Å². The molecule has 118 valence electrons. The van der Waals surface area contributed by atoms with E-state index in [1.54, 1.807) is 20.0 Å². The standard InChI is InChI=1S/C14H18ClF2NO3/c1-9(13(19)20-3)7-18(2)8-10-6-11(15)4-5-12(10)21-14(16)17/h4-6,9,14H,7-8H2,1-3H3. The van der Waals surface area contributed by atoms with Crippen molar-refractivity contribution in [2.75, 3.05) is 20.7 Å². The molecule has 0 N–H and O–H groups in total. The Bertz CT molecular complexity index is 485. The topological polar surface area (TPSA) is 38.8 Å². The SMILES string of the molecule is COC(=O)C(C)CN(C)Cc1cc(Cl)ccc1OC(F)F. The van der Waals surface area contributed by atoms with Crippen molar-refractivity contribution in [3.05, 3.63) is 28.8 Å². The number of rotatable bonds is 7. The molecule has 1 rings (SSSR count). The number of hydrogen-bond donors (Lipinski definition) is 0. The zero-order valence-corrected chi connectivity index (χ0v) is 12.9. The first-order chi connectivity index (χ1) is 9.83. The summed E-state index contributed by atoms with van der Waals surface area (Å²) < 4.78 is 33.9. The maximum Gasteiger partial charge on any atom is 0.387 e. The molecular formula is C14H18ClF2NO3. The molecule has 1 atom stereocenters. The van der Waals surface area contributed by atoms with Crippen molar-refractivity contribution in [3.8, 4) is 5.75 Å². The van der Waals surface area contributed by atoms with Crippen LogP contribution >= 0.6 is 11.6 Å². The van der Waals surface area contributed by atoms with Gasteiger partial charge in [-0.1, -0.05) is 18.5 Å². The molecule has 0 aliphatic heterocycles. The molecule has 21 heavy (non-hydrogen) atoms. The summed E-state index contributed by atoms with van der Waals surface area (Å²) in [5.41, 5.74) is 0.530. The van der Waals surface area contributed by atoms with Gasteiger partial charge < -0.3 is 14.4 Å². The Morgan fingerprint density at radius 2 is 2.10 bits per heavy atom. The van der Waals surface area contributed by atoms with Crippen LogP contribution in [0, 0.1) is 5.92 Å². The highest BCUT2D eigenvalue weighted by Crippen LogP contribution is 2.25. The zero-order valence-electron chi connectivity index (χ0n) is 12.1. The third kappa shape index (κ3) is 5.85. The fraction of sp³-hybridized carbons (Fsp3) is 0.500. The highest BCUT2D eigenvalue weighted by Gasteiger charge is 2.17. The predicted molar refractivity (Wildman–Crippen MR) is 75.6 cm³/mol. The molecule has 0 aliphatic rings. The van der Waals surface area contributed by atoms with Crippen LogP contribution < -0.4 is 4.74 Å². The molecule has 0 fully saturated rings. The first kappa shape index (κ1) is 17.7. The Kier molecular flexibility index (Phi) is 6.84. The Balaban J connectivity index is 2.76. The molecule has 1 aromatic carbocycles. The summed E-state index contributed by atoms with van der Waals surface area (Å²) in [4.78, 5) is 13.2. The van der Waals surface area contributed by atoms with Gasteiger partial charge in [-0.3, -0.25) is 4.79 Å². The van der Waals surface area contributed by atoms with Crippen LogP contribution in [0.1, 0.15) is 12.5 Å². The van der Waals surface area contributed by atoms with E-state index < -0.39 is 6.61 Å². The van der Waals surface area contributed by atoms with E-state index in [1.807, 2.05) is 4.90 Å². The normalized spacial score (nSPS) is 12.6. The van der Waals surface area contributed by atoms with Crippen molar-refractivity contribution in [1.82, 2.24) is 4.90 Å². The van der Waals surface area contributed by atoms with Gasteiger partial charge in [-0.05, 0) is 25.2 Å². The average Bonchev–Trinajstić information content (AvgIpc) is 2.40. The number of alkyl halides is 2. The van der Waals surface area contributed by atoms with E-state index >= 15 is 0 Å². The van der Waals surface area contributed by atoms with E-state index in [2.05, 4.69) is 9.47 Å². The Labute approximate surface area is 127 Å². The van der Waals surface area contributed by atoms with E-state index in [-0.39, 0.29) is 17.6 Å². The van der Waals surface area contributed by atoms with Crippen molar-refractivity contribution in [1.29, 1.82) is 0 Å². The second-order valence-corrected chi connectivity index (χ2v) is 5.19. The highest BCUT2D eigenvalue weighted by molar-refractivity contribution is 6.30. The van der Waals surface area contributed by atoms with Gasteiger partial charge in [-0.15, -0.1) is 0 Å². The number of benzene rings is 1. The van der Waals surface area contributed by atoms with Gasteiger partial charge in [0.25, 0.3) is 0 Å². The van der Waals surface area contributed by atoms with Crippen LogP contribution in [0.3, 0.4) is 0 Å². The summed E-state index contributed by atoms with van der Waals surface area (Å²) in [6.07, 6.45) is 0. The summed E-state index contributed by atoms with van der Waals surface area (Å²) >= 11 is 5.88. The molecule has 0 amide bonds. The molecule has 0 aliphatic carbocycles. The molecular weight excluding hydrogens is 304 g/mol. The molecule has 0 saturated heterocycles. The molecule has 0 spiro atoms. The number of esters is 1. The van der Waals surface area contributed by atoms with Crippen molar-refractivity contribution < 1.29 is 23.0 Å². The van der Waals surface area contributed by atoms with Gasteiger partial charge in [-0.25, -0.2) is 0 Å². The number of nitrogens with zero attached hydrogens (tertiary/aromatic N) is 1. The minimum absolute atomic E-state index is 0.0759. The van der Waals surface area contributed by atoms with Crippen molar-refractivity contribution >= 4 is 17.6 Å². The van der Waals surface area contributed by atoms with Gasteiger partial charge in [-0.2, -0.15) is 8.78 Å². The van der Waals surface area contributed by atoms with Crippen LogP contribution in [0.15, 0.2) is 18.2 Å². The van der Waals surface area contributed by atoms with Crippen molar-refractivity contribution in [2.24, 2.45) is 5.92 Å². The smallest absolute Gasteiger partial charge is 0.387 e. The lowest BCUT2D eigenvalue weighted by Gasteiger charge is -2.21. The largest absolute Gasteiger partial charge is 0.469 e. The molecule has 7 heteroatoms. The van der Waals surface area contributed by atoms with Gasteiger partial charge in [0.15, 0.2) is 0 Å².